The summed E-state index contributed by atoms with van der Waals surface area (Å²) in [4.78, 5) is 1.86. The summed E-state index contributed by atoms with van der Waals surface area (Å²) >= 11 is 3.19. The number of halogens is 1. The fourth-order valence-corrected chi connectivity index (χ4v) is 0.715. The van der Waals surface area contributed by atoms with Crippen molar-refractivity contribution < 1.29 is 0 Å². The fourth-order valence-electron chi connectivity index (χ4n) is 0.539. The first-order chi connectivity index (χ1) is 4.41. The van der Waals surface area contributed by atoms with E-state index in [4.69, 9.17) is 0 Å². The molecule has 0 aromatic rings. The molecule has 0 heterocycles. The van der Waals surface area contributed by atoms with Crippen LogP contribution in [0.15, 0.2) is 23.2 Å². The van der Waals surface area contributed by atoms with E-state index in [1.165, 1.54) is 19.3 Å². The van der Waals surface area contributed by atoms with Crippen molar-refractivity contribution in [1.82, 2.24) is 0 Å². The van der Waals surface area contributed by atoms with Gasteiger partial charge in [0.05, 0.1) is 0 Å². The van der Waals surface area contributed by atoms with E-state index in [1.54, 1.807) is 0 Å². The molecule has 0 atom stereocenters. The molecule has 0 radical (unpaired) electrons. The van der Waals surface area contributed by atoms with Crippen molar-refractivity contribution in [3.63, 3.8) is 0 Å². The molecule has 0 aliphatic carbocycles. The van der Waals surface area contributed by atoms with Crippen LogP contribution in [0.3, 0.4) is 0 Å². The first-order valence-electron chi connectivity index (χ1n) is 3.33. The summed E-state index contributed by atoms with van der Waals surface area (Å²) in [7, 11) is 0. The second-order valence-electron chi connectivity index (χ2n) is 1.89. The van der Waals surface area contributed by atoms with Gasteiger partial charge in [-0.1, -0.05) is 53.9 Å². The van der Waals surface area contributed by atoms with Gasteiger partial charge in [-0.2, -0.15) is 0 Å². The summed E-state index contributed by atoms with van der Waals surface area (Å²) in [6.07, 6.45) is 10.0. The van der Waals surface area contributed by atoms with E-state index < -0.39 is 0 Å². The average molecular weight is 189 g/mol. The molecule has 0 unspecified atom stereocenters. The molecule has 0 aliphatic heterocycles. The van der Waals surface area contributed by atoms with Crippen LogP contribution >= 0.6 is 15.9 Å². The minimum Gasteiger partial charge on any atom is -0.0845 e. The minimum atomic E-state index is 1.20. The molecule has 9 heavy (non-hydrogen) atoms. The quantitative estimate of drug-likeness (QED) is 0.467. The van der Waals surface area contributed by atoms with Crippen molar-refractivity contribution >= 4 is 15.9 Å². The Morgan fingerprint density at radius 1 is 1.33 bits per heavy atom. The summed E-state index contributed by atoms with van der Waals surface area (Å²) in [6, 6.07) is 0. The summed E-state index contributed by atoms with van der Waals surface area (Å²) in [5, 5.41) is 0. The van der Waals surface area contributed by atoms with Crippen molar-refractivity contribution in [3.05, 3.63) is 23.2 Å². The molecule has 0 aliphatic rings. The highest BCUT2D eigenvalue weighted by molar-refractivity contribution is 9.11. The SMILES string of the molecule is CCCCC=CC=CBr. The van der Waals surface area contributed by atoms with Gasteiger partial charge in [-0.25, -0.2) is 0 Å². The lowest BCUT2D eigenvalue weighted by atomic mass is 10.2. The van der Waals surface area contributed by atoms with Crippen LogP contribution in [0.1, 0.15) is 26.2 Å². The molecule has 0 saturated heterocycles. The normalized spacial score (nSPS) is 11.8. The van der Waals surface area contributed by atoms with Crippen molar-refractivity contribution in [2.24, 2.45) is 0 Å². The molecule has 0 saturated carbocycles. The summed E-state index contributed by atoms with van der Waals surface area (Å²) < 4.78 is 0. The minimum absolute atomic E-state index is 1.20. The number of rotatable bonds is 4. The Kier molecular flexibility index (Phi) is 7.92. The van der Waals surface area contributed by atoms with E-state index in [2.05, 4.69) is 35.0 Å². The zero-order valence-electron chi connectivity index (χ0n) is 5.81. The third-order valence-corrected chi connectivity index (χ3v) is 1.35. The van der Waals surface area contributed by atoms with Crippen LogP contribution in [0.5, 0.6) is 0 Å². The molecule has 0 fully saturated rings. The highest BCUT2D eigenvalue weighted by Crippen LogP contribution is 1.95. The van der Waals surface area contributed by atoms with E-state index >= 15 is 0 Å². The van der Waals surface area contributed by atoms with Gasteiger partial charge in [-0.3, -0.25) is 0 Å². The van der Waals surface area contributed by atoms with E-state index in [0.29, 0.717) is 0 Å². The van der Waals surface area contributed by atoms with Crippen LogP contribution in [0.25, 0.3) is 0 Å². The molecule has 0 bridgehead atoms. The Morgan fingerprint density at radius 3 is 2.67 bits per heavy atom. The van der Waals surface area contributed by atoms with Crippen LogP contribution in [-0.2, 0) is 0 Å². The molecule has 0 aromatic heterocycles. The standard InChI is InChI=1S/C8H13Br/c1-2-3-4-5-6-7-8-9/h5-8H,2-4H2,1H3. The van der Waals surface area contributed by atoms with Crippen LogP contribution in [0.4, 0.5) is 0 Å². The molecule has 1 heteroatoms. The highest BCUT2D eigenvalue weighted by atomic mass is 79.9. The third kappa shape index (κ3) is 7.96. The van der Waals surface area contributed by atoms with Gasteiger partial charge in [0.1, 0.15) is 0 Å². The highest BCUT2D eigenvalue weighted by Gasteiger charge is 1.74. The Balaban J connectivity index is 3.04. The van der Waals surface area contributed by atoms with Gasteiger partial charge in [0.15, 0.2) is 0 Å². The molecule has 0 nitrogen and oxygen atoms in total. The Hall–Kier alpha value is -0.0400. The topological polar surface area (TPSA) is 0 Å². The lowest BCUT2D eigenvalue weighted by Crippen LogP contribution is -1.64. The van der Waals surface area contributed by atoms with E-state index in [0.717, 1.165) is 0 Å². The maximum Gasteiger partial charge on any atom is -0.0189 e. The lowest BCUT2D eigenvalue weighted by molar-refractivity contribution is 0.815. The smallest absolute Gasteiger partial charge is 0.0189 e. The van der Waals surface area contributed by atoms with Gasteiger partial charge in [-0.05, 0) is 11.4 Å². The van der Waals surface area contributed by atoms with Gasteiger partial charge in [0, 0.05) is 0 Å². The Morgan fingerprint density at radius 2 is 2.11 bits per heavy atom. The average Bonchev–Trinajstić information content (AvgIpc) is 1.89. The number of hydrogen-bond acceptors (Lipinski definition) is 0. The third-order valence-electron chi connectivity index (χ3n) is 1.04. The predicted octanol–water partition coefficient (Wildman–Crippen LogP) is 3.64. The second-order valence-corrected chi connectivity index (χ2v) is 2.42. The summed E-state index contributed by atoms with van der Waals surface area (Å²) in [5.74, 6) is 0. The van der Waals surface area contributed by atoms with Crippen LogP contribution in [-0.4, -0.2) is 0 Å². The predicted molar refractivity (Wildman–Crippen MR) is 46.7 cm³/mol. The molecule has 0 aromatic carbocycles. The van der Waals surface area contributed by atoms with E-state index in [9.17, 15) is 0 Å². The number of allylic oxidation sites excluding steroid dienone is 3. The van der Waals surface area contributed by atoms with E-state index in [1.807, 2.05) is 11.1 Å². The van der Waals surface area contributed by atoms with Crippen LogP contribution < -0.4 is 0 Å². The van der Waals surface area contributed by atoms with Crippen molar-refractivity contribution in [2.45, 2.75) is 26.2 Å². The maximum atomic E-state index is 3.19. The van der Waals surface area contributed by atoms with Crippen molar-refractivity contribution in [1.29, 1.82) is 0 Å². The summed E-state index contributed by atoms with van der Waals surface area (Å²) in [6.45, 7) is 2.20. The zero-order valence-corrected chi connectivity index (χ0v) is 7.39. The van der Waals surface area contributed by atoms with Gasteiger partial charge >= 0.3 is 0 Å². The lowest BCUT2D eigenvalue weighted by Gasteiger charge is -1.84. The van der Waals surface area contributed by atoms with Crippen LogP contribution in [0, 0.1) is 0 Å². The molecule has 52 valence electrons. The largest absolute Gasteiger partial charge is 0.0845 e. The number of unbranched alkanes of at least 4 members (excludes halogenated alkanes) is 2. The molecule has 0 amide bonds. The van der Waals surface area contributed by atoms with Crippen molar-refractivity contribution in [3.8, 4) is 0 Å². The molecular formula is C8H13Br. The summed E-state index contributed by atoms with van der Waals surface area (Å²) in [5.41, 5.74) is 0. The zero-order chi connectivity index (χ0) is 6.95. The Labute approximate surface area is 65.8 Å². The van der Waals surface area contributed by atoms with Crippen LogP contribution in [0.2, 0.25) is 0 Å². The monoisotopic (exact) mass is 188 g/mol. The van der Waals surface area contributed by atoms with Gasteiger partial charge in [-0.15, -0.1) is 0 Å². The second kappa shape index (κ2) is 7.96. The van der Waals surface area contributed by atoms with Gasteiger partial charge in [0.25, 0.3) is 0 Å². The molecular weight excluding hydrogens is 176 g/mol. The molecule has 0 rings (SSSR count). The fraction of sp³-hybridized carbons (Fsp3) is 0.500. The van der Waals surface area contributed by atoms with Gasteiger partial charge < -0.3 is 0 Å². The maximum absolute atomic E-state index is 3.19. The first-order valence-corrected chi connectivity index (χ1v) is 4.25. The van der Waals surface area contributed by atoms with Crippen molar-refractivity contribution in [2.75, 3.05) is 0 Å². The first kappa shape index (κ1) is 8.96. The molecule has 0 N–H and O–H groups in total. The molecule has 0 spiro atoms. The van der Waals surface area contributed by atoms with E-state index in [-0.39, 0.29) is 0 Å². The van der Waals surface area contributed by atoms with Gasteiger partial charge in [0.2, 0.25) is 0 Å². The number of hydrogen-bond donors (Lipinski definition) is 0. The Bertz CT molecular complexity index is 92.7.